The number of nitrogens with zero attached hydrogens (tertiary/aromatic N) is 1. The third kappa shape index (κ3) is 6.19. The Hall–Kier alpha value is -2.62. The van der Waals surface area contributed by atoms with E-state index in [4.69, 9.17) is 5.26 Å². The molecule has 0 amide bonds. The SMILES string of the molecule is CC1CCC(C2CCC(CCc3ccc(OC(F)(F)c4cc(F)c(C#N)c(F)c4)c(F)c3)CC2)CC1. The van der Waals surface area contributed by atoms with Gasteiger partial charge in [-0.05, 0) is 92.0 Å². The average Bonchev–Trinajstić information content (AvgIpc) is 2.85. The second-order valence-electron chi connectivity index (χ2n) is 10.6. The van der Waals surface area contributed by atoms with E-state index in [9.17, 15) is 22.0 Å². The number of rotatable bonds is 7. The fourth-order valence-corrected chi connectivity index (χ4v) is 5.90. The van der Waals surface area contributed by atoms with Gasteiger partial charge >= 0.3 is 6.11 Å². The molecule has 2 aliphatic rings. The zero-order valence-corrected chi connectivity index (χ0v) is 20.5. The Kier molecular flexibility index (Phi) is 8.22. The smallest absolute Gasteiger partial charge is 0.426 e. The lowest BCUT2D eigenvalue weighted by Gasteiger charge is -2.37. The molecule has 36 heavy (non-hydrogen) atoms. The monoisotopic (exact) mass is 505 g/mol. The first-order valence-electron chi connectivity index (χ1n) is 12.9. The van der Waals surface area contributed by atoms with Gasteiger partial charge in [0.25, 0.3) is 0 Å². The van der Waals surface area contributed by atoms with Crippen LogP contribution >= 0.6 is 0 Å². The first-order chi connectivity index (χ1) is 17.2. The van der Waals surface area contributed by atoms with Gasteiger partial charge in [-0.1, -0.05) is 38.7 Å². The maximum absolute atomic E-state index is 14.6. The summed E-state index contributed by atoms with van der Waals surface area (Å²) in [6, 6.07) is 5.75. The molecular weight excluding hydrogens is 473 g/mol. The molecule has 2 nitrogen and oxygen atoms in total. The number of benzene rings is 2. The molecule has 0 aromatic heterocycles. The Morgan fingerprint density at radius 2 is 1.44 bits per heavy atom. The molecule has 0 heterocycles. The van der Waals surface area contributed by atoms with Crippen LogP contribution in [0.3, 0.4) is 0 Å². The van der Waals surface area contributed by atoms with Crippen LogP contribution in [0.5, 0.6) is 5.75 Å². The molecule has 0 radical (unpaired) electrons. The molecule has 0 aliphatic heterocycles. The lowest BCUT2D eigenvalue weighted by Crippen LogP contribution is -2.25. The van der Waals surface area contributed by atoms with Crippen LogP contribution in [0, 0.1) is 52.5 Å². The Balaban J connectivity index is 1.30. The third-order valence-electron chi connectivity index (χ3n) is 8.18. The summed E-state index contributed by atoms with van der Waals surface area (Å²) in [6.45, 7) is 2.35. The highest BCUT2D eigenvalue weighted by atomic mass is 19.3. The van der Waals surface area contributed by atoms with E-state index >= 15 is 0 Å². The van der Waals surface area contributed by atoms with Crippen molar-refractivity contribution in [2.75, 3.05) is 0 Å². The predicted octanol–water partition coefficient (Wildman–Crippen LogP) is 8.67. The lowest BCUT2D eigenvalue weighted by atomic mass is 9.69. The van der Waals surface area contributed by atoms with Crippen molar-refractivity contribution < 1.29 is 26.7 Å². The van der Waals surface area contributed by atoms with Crippen molar-refractivity contribution in [3.63, 3.8) is 0 Å². The molecule has 194 valence electrons. The van der Waals surface area contributed by atoms with E-state index in [2.05, 4.69) is 11.7 Å². The highest BCUT2D eigenvalue weighted by Gasteiger charge is 2.37. The summed E-state index contributed by atoms with van der Waals surface area (Å²) in [4.78, 5) is 0. The molecule has 7 heteroatoms. The zero-order valence-electron chi connectivity index (χ0n) is 20.5. The fraction of sp³-hybridized carbons (Fsp3) is 0.552. The van der Waals surface area contributed by atoms with Gasteiger partial charge in [0, 0.05) is 0 Å². The van der Waals surface area contributed by atoms with Crippen LogP contribution in [0.25, 0.3) is 0 Å². The number of halogens is 5. The van der Waals surface area contributed by atoms with Crippen molar-refractivity contribution in [2.24, 2.45) is 23.7 Å². The van der Waals surface area contributed by atoms with Crippen molar-refractivity contribution in [1.82, 2.24) is 0 Å². The number of hydrogen-bond acceptors (Lipinski definition) is 2. The summed E-state index contributed by atoms with van der Waals surface area (Å²) >= 11 is 0. The minimum atomic E-state index is -4.19. The van der Waals surface area contributed by atoms with E-state index in [1.807, 2.05) is 0 Å². The molecule has 2 aliphatic carbocycles. The van der Waals surface area contributed by atoms with Crippen LogP contribution in [-0.2, 0) is 12.5 Å². The highest BCUT2D eigenvalue weighted by molar-refractivity contribution is 5.37. The van der Waals surface area contributed by atoms with E-state index in [-0.39, 0.29) is 0 Å². The summed E-state index contributed by atoms with van der Waals surface area (Å²) < 4.78 is 75.6. The van der Waals surface area contributed by atoms with E-state index in [0.29, 0.717) is 30.0 Å². The minimum Gasteiger partial charge on any atom is -0.426 e. The molecule has 2 aromatic rings. The van der Waals surface area contributed by atoms with Gasteiger partial charge in [0.1, 0.15) is 23.3 Å². The summed E-state index contributed by atoms with van der Waals surface area (Å²) in [6.07, 6.45) is 7.70. The molecular formula is C29H32F5NO. The normalized spacial score (nSPS) is 24.8. The fourth-order valence-electron chi connectivity index (χ4n) is 5.90. The van der Waals surface area contributed by atoms with E-state index in [1.165, 1.54) is 63.5 Å². The maximum atomic E-state index is 14.6. The molecule has 0 spiro atoms. The number of alkyl halides is 2. The van der Waals surface area contributed by atoms with Gasteiger partial charge in [0.15, 0.2) is 11.6 Å². The van der Waals surface area contributed by atoms with Crippen molar-refractivity contribution in [2.45, 2.75) is 77.2 Å². The molecule has 0 bridgehead atoms. The quantitative estimate of drug-likeness (QED) is 0.353. The van der Waals surface area contributed by atoms with Crippen LogP contribution in [0.15, 0.2) is 30.3 Å². The molecule has 0 atom stereocenters. The van der Waals surface area contributed by atoms with Crippen LogP contribution < -0.4 is 4.74 Å². The van der Waals surface area contributed by atoms with Gasteiger partial charge in [0.05, 0.1) is 5.56 Å². The van der Waals surface area contributed by atoms with E-state index < -0.39 is 40.4 Å². The molecule has 2 saturated carbocycles. The van der Waals surface area contributed by atoms with Gasteiger partial charge in [-0.3, -0.25) is 0 Å². The molecule has 0 N–H and O–H groups in total. The first-order valence-corrected chi connectivity index (χ1v) is 12.9. The summed E-state index contributed by atoms with van der Waals surface area (Å²) in [5.74, 6) is -1.38. The summed E-state index contributed by atoms with van der Waals surface area (Å²) in [5.41, 5.74) is -1.41. The van der Waals surface area contributed by atoms with Crippen LogP contribution in [0.1, 0.15) is 81.4 Å². The Morgan fingerprint density at radius 1 is 0.861 bits per heavy atom. The largest absolute Gasteiger partial charge is 0.427 e. The van der Waals surface area contributed by atoms with E-state index in [1.54, 1.807) is 6.07 Å². The zero-order chi connectivity index (χ0) is 25.9. The molecule has 2 aromatic carbocycles. The van der Waals surface area contributed by atoms with Crippen molar-refractivity contribution in [3.05, 3.63) is 64.5 Å². The van der Waals surface area contributed by atoms with Gasteiger partial charge < -0.3 is 4.74 Å². The van der Waals surface area contributed by atoms with Crippen LogP contribution in [-0.4, -0.2) is 0 Å². The average molecular weight is 506 g/mol. The number of nitriles is 1. The maximum Gasteiger partial charge on any atom is 0.427 e. The summed E-state index contributed by atoms with van der Waals surface area (Å²) in [5, 5.41) is 8.69. The van der Waals surface area contributed by atoms with Gasteiger partial charge in [-0.2, -0.15) is 14.0 Å². The van der Waals surface area contributed by atoms with Gasteiger partial charge in [0.2, 0.25) is 0 Å². The number of hydrogen-bond donors (Lipinski definition) is 0. The second kappa shape index (κ2) is 11.2. The van der Waals surface area contributed by atoms with Crippen LogP contribution in [0.4, 0.5) is 22.0 Å². The Bertz CT molecular complexity index is 1070. The molecule has 0 saturated heterocycles. The van der Waals surface area contributed by atoms with E-state index in [0.717, 1.165) is 30.2 Å². The second-order valence-corrected chi connectivity index (χ2v) is 10.6. The molecule has 2 fully saturated rings. The van der Waals surface area contributed by atoms with Crippen molar-refractivity contribution >= 4 is 0 Å². The Labute approximate surface area is 209 Å². The Morgan fingerprint density at radius 3 is 2.00 bits per heavy atom. The topological polar surface area (TPSA) is 33.0 Å². The number of ether oxygens (including phenoxy) is 1. The third-order valence-corrected chi connectivity index (χ3v) is 8.18. The van der Waals surface area contributed by atoms with Gasteiger partial charge in [-0.15, -0.1) is 0 Å². The van der Waals surface area contributed by atoms with Crippen molar-refractivity contribution in [3.8, 4) is 11.8 Å². The van der Waals surface area contributed by atoms with Crippen LogP contribution in [0.2, 0.25) is 0 Å². The summed E-state index contributed by atoms with van der Waals surface area (Å²) in [7, 11) is 0. The standard InChI is InChI=1S/C29H32F5NO/c1-18-2-9-21(10-3-18)22-11-6-19(7-12-22)4-5-20-8-13-28(27(32)14-20)36-29(33,34)23-15-25(30)24(17-35)26(31)16-23/h8,13-16,18-19,21-22H,2-7,9-12H2,1H3. The first kappa shape index (κ1) is 26.4. The minimum absolute atomic E-state index is 0.317. The number of aryl methyl sites for hydroxylation is 1. The molecule has 4 rings (SSSR count). The predicted molar refractivity (Wildman–Crippen MR) is 127 cm³/mol. The molecule has 0 unspecified atom stereocenters. The van der Waals surface area contributed by atoms with Crippen molar-refractivity contribution in [1.29, 1.82) is 5.26 Å². The van der Waals surface area contributed by atoms with Gasteiger partial charge in [-0.25, -0.2) is 13.2 Å². The lowest BCUT2D eigenvalue weighted by molar-refractivity contribution is -0.187. The highest BCUT2D eigenvalue weighted by Crippen LogP contribution is 2.42.